The third-order valence-electron chi connectivity index (χ3n) is 2.44. The fourth-order valence-electron chi connectivity index (χ4n) is 1.69. The predicted molar refractivity (Wildman–Crippen MR) is 56.4 cm³/mol. The van der Waals surface area contributed by atoms with Crippen LogP contribution in [0.25, 0.3) is 0 Å². The second kappa shape index (κ2) is 4.63. The predicted octanol–water partition coefficient (Wildman–Crippen LogP) is 1.96. The molecule has 2 N–H and O–H groups in total. The Morgan fingerprint density at radius 1 is 1.09 bits per heavy atom. The molecule has 1 aliphatic rings. The number of hydrogen-bond donors (Lipinski definition) is 1. The molecule has 0 spiro atoms. The van der Waals surface area contributed by atoms with Crippen molar-refractivity contribution in [3.05, 3.63) is 0 Å². The van der Waals surface area contributed by atoms with Crippen LogP contribution < -0.4 is 5.73 Å². The van der Waals surface area contributed by atoms with E-state index in [0.717, 1.165) is 0 Å². The Hall–Kier alpha value is 0.660. The van der Waals surface area contributed by atoms with E-state index in [4.69, 9.17) is 5.73 Å². The van der Waals surface area contributed by atoms with Gasteiger partial charge in [-0.1, -0.05) is 6.42 Å². The Kier molecular flexibility index (Phi) is 4.10. The Morgan fingerprint density at radius 3 is 1.91 bits per heavy atom. The van der Waals surface area contributed by atoms with Gasteiger partial charge in [-0.3, -0.25) is 0 Å². The maximum Gasteiger partial charge on any atom is 0.0279 e. The molecule has 3 heteroatoms. The van der Waals surface area contributed by atoms with Gasteiger partial charge in [-0.2, -0.15) is 23.5 Å². The van der Waals surface area contributed by atoms with E-state index >= 15 is 0 Å². The van der Waals surface area contributed by atoms with Crippen LogP contribution in [0.4, 0.5) is 0 Å². The standard InChI is InChI=1S/C8H17NS2/c1-10-6-4-3-5-7(11-2)8(6)9/h6-8H,3-5,9H2,1-2H3. The first-order chi connectivity index (χ1) is 5.29. The quantitative estimate of drug-likeness (QED) is 0.722. The van der Waals surface area contributed by atoms with Crippen molar-refractivity contribution in [1.29, 1.82) is 0 Å². The van der Waals surface area contributed by atoms with Gasteiger partial charge in [0.25, 0.3) is 0 Å². The molecule has 0 aromatic heterocycles. The van der Waals surface area contributed by atoms with E-state index in [1.165, 1.54) is 19.3 Å². The number of rotatable bonds is 2. The van der Waals surface area contributed by atoms with Gasteiger partial charge in [0.15, 0.2) is 0 Å². The first kappa shape index (κ1) is 9.75. The summed E-state index contributed by atoms with van der Waals surface area (Å²) >= 11 is 3.87. The molecule has 1 rings (SSSR count). The van der Waals surface area contributed by atoms with Gasteiger partial charge in [-0.05, 0) is 25.4 Å². The number of nitrogens with two attached hydrogens (primary N) is 1. The van der Waals surface area contributed by atoms with Crippen LogP contribution >= 0.6 is 23.5 Å². The van der Waals surface area contributed by atoms with Crippen molar-refractivity contribution in [3.8, 4) is 0 Å². The molecule has 2 unspecified atom stereocenters. The van der Waals surface area contributed by atoms with E-state index in [-0.39, 0.29) is 0 Å². The average Bonchev–Trinajstić information content (AvgIpc) is 2.05. The molecule has 0 heterocycles. The summed E-state index contributed by atoms with van der Waals surface area (Å²) in [6.45, 7) is 0. The molecule has 0 bridgehead atoms. The minimum atomic E-state index is 0.425. The van der Waals surface area contributed by atoms with Gasteiger partial charge in [0.2, 0.25) is 0 Å². The maximum absolute atomic E-state index is 6.10. The summed E-state index contributed by atoms with van der Waals surface area (Å²) in [5.74, 6) is 0. The van der Waals surface area contributed by atoms with Crippen molar-refractivity contribution in [3.63, 3.8) is 0 Å². The lowest BCUT2D eigenvalue weighted by Gasteiger charge is -2.33. The summed E-state index contributed by atoms with van der Waals surface area (Å²) in [7, 11) is 0. The zero-order valence-corrected chi connectivity index (χ0v) is 8.88. The molecule has 0 aliphatic heterocycles. The largest absolute Gasteiger partial charge is 0.326 e. The zero-order valence-electron chi connectivity index (χ0n) is 7.25. The molecule has 2 atom stereocenters. The van der Waals surface area contributed by atoms with Gasteiger partial charge >= 0.3 is 0 Å². The van der Waals surface area contributed by atoms with Crippen LogP contribution in [-0.4, -0.2) is 29.1 Å². The van der Waals surface area contributed by atoms with Crippen LogP contribution in [0.15, 0.2) is 0 Å². The first-order valence-electron chi connectivity index (χ1n) is 4.10. The SMILES string of the molecule is CSC1CCCC(SC)C1N. The normalized spacial score (nSPS) is 39.0. The molecular formula is C8H17NS2. The molecule has 1 aliphatic carbocycles. The minimum Gasteiger partial charge on any atom is -0.326 e. The van der Waals surface area contributed by atoms with Crippen molar-refractivity contribution in [2.24, 2.45) is 5.73 Å². The molecule has 1 fully saturated rings. The van der Waals surface area contributed by atoms with Crippen molar-refractivity contribution >= 4 is 23.5 Å². The Morgan fingerprint density at radius 2 is 1.55 bits per heavy atom. The highest BCUT2D eigenvalue weighted by atomic mass is 32.2. The molecule has 0 amide bonds. The van der Waals surface area contributed by atoms with Crippen LogP contribution in [0.3, 0.4) is 0 Å². The highest BCUT2D eigenvalue weighted by molar-refractivity contribution is 8.00. The van der Waals surface area contributed by atoms with E-state index in [2.05, 4.69) is 12.5 Å². The molecule has 1 nitrogen and oxygen atoms in total. The molecule has 0 aromatic carbocycles. The summed E-state index contributed by atoms with van der Waals surface area (Å²) in [6, 6.07) is 0.425. The fourth-order valence-corrected chi connectivity index (χ4v) is 3.61. The van der Waals surface area contributed by atoms with Gasteiger partial charge < -0.3 is 5.73 Å². The second-order valence-corrected chi connectivity index (χ2v) is 5.21. The van der Waals surface area contributed by atoms with Gasteiger partial charge in [-0.15, -0.1) is 0 Å². The molecule has 66 valence electrons. The van der Waals surface area contributed by atoms with E-state index in [1.807, 2.05) is 23.5 Å². The number of hydrogen-bond acceptors (Lipinski definition) is 3. The zero-order chi connectivity index (χ0) is 8.27. The molecule has 0 radical (unpaired) electrons. The maximum atomic E-state index is 6.10. The molecule has 0 aromatic rings. The topological polar surface area (TPSA) is 26.0 Å². The Labute approximate surface area is 77.9 Å². The van der Waals surface area contributed by atoms with Crippen molar-refractivity contribution in [2.75, 3.05) is 12.5 Å². The number of thioether (sulfide) groups is 2. The lowest BCUT2D eigenvalue weighted by atomic mass is 9.95. The van der Waals surface area contributed by atoms with Crippen LogP contribution in [0.1, 0.15) is 19.3 Å². The first-order valence-corrected chi connectivity index (χ1v) is 6.68. The van der Waals surface area contributed by atoms with Crippen LogP contribution in [-0.2, 0) is 0 Å². The van der Waals surface area contributed by atoms with Crippen LogP contribution in [0.2, 0.25) is 0 Å². The van der Waals surface area contributed by atoms with Gasteiger partial charge in [-0.25, -0.2) is 0 Å². The van der Waals surface area contributed by atoms with Gasteiger partial charge in [0.05, 0.1) is 0 Å². The third-order valence-corrected chi connectivity index (χ3v) is 4.75. The lowest BCUT2D eigenvalue weighted by molar-refractivity contribution is 0.466. The Balaban J connectivity index is 2.45. The molecular weight excluding hydrogens is 174 g/mol. The smallest absolute Gasteiger partial charge is 0.0279 e. The molecule has 0 saturated heterocycles. The summed E-state index contributed by atoms with van der Waals surface area (Å²) in [4.78, 5) is 0. The minimum absolute atomic E-state index is 0.425. The van der Waals surface area contributed by atoms with Crippen LogP contribution in [0, 0.1) is 0 Å². The van der Waals surface area contributed by atoms with E-state index < -0.39 is 0 Å². The summed E-state index contributed by atoms with van der Waals surface area (Å²) in [6.07, 6.45) is 8.35. The summed E-state index contributed by atoms with van der Waals surface area (Å²) in [5.41, 5.74) is 6.10. The van der Waals surface area contributed by atoms with E-state index in [9.17, 15) is 0 Å². The van der Waals surface area contributed by atoms with E-state index in [1.54, 1.807) is 0 Å². The highest BCUT2D eigenvalue weighted by Crippen LogP contribution is 2.31. The fraction of sp³-hybridized carbons (Fsp3) is 1.00. The lowest BCUT2D eigenvalue weighted by Crippen LogP contribution is -2.44. The van der Waals surface area contributed by atoms with Gasteiger partial charge in [0.1, 0.15) is 0 Å². The Bertz CT molecular complexity index is 107. The highest BCUT2D eigenvalue weighted by Gasteiger charge is 2.28. The monoisotopic (exact) mass is 191 g/mol. The molecule has 1 saturated carbocycles. The average molecular weight is 191 g/mol. The third kappa shape index (κ3) is 2.30. The second-order valence-electron chi connectivity index (χ2n) is 3.06. The van der Waals surface area contributed by atoms with Crippen molar-refractivity contribution < 1.29 is 0 Å². The summed E-state index contributed by atoms with van der Waals surface area (Å²) in [5, 5.41) is 1.42. The van der Waals surface area contributed by atoms with Crippen molar-refractivity contribution in [1.82, 2.24) is 0 Å². The van der Waals surface area contributed by atoms with Gasteiger partial charge in [0, 0.05) is 16.5 Å². The van der Waals surface area contributed by atoms with Crippen LogP contribution in [0.5, 0.6) is 0 Å². The summed E-state index contributed by atoms with van der Waals surface area (Å²) < 4.78 is 0. The van der Waals surface area contributed by atoms with Crippen molar-refractivity contribution in [2.45, 2.75) is 35.8 Å². The molecule has 11 heavy (non-hydrogen) atoms. The van der Waals surface area contributed by atoms with E-state index in [0.29, 0.717) is 16.5 Å².